The molecule has 0 aromatic heterocycles. The predicted octanol–water partition coefficient (Wildman–Crippen LogP) is 6.62. The minimum absolute atomic E-state index is 0.0228. The van der Waals surface area contributed by atoms with Crippen LogP contribution in [0.5, 0.6) is 0 Å². The van der Waals surface area contributed by atoms with Crippen molar-refractivity contribution in [2.24, 2.45) is 28.6 Å². The van der Waals surface area contributed by atoms with Crippen LogP contribution in [0.2, 0.25) is 0 Å². The zero-order valence-electron chi connectivity index (χ0n) is 34.1. The summed E-state index contributed by atoms with van der Waals surface area (Å²) in [7, 11) is -9.67. The molecule has 0 bridgehead atoms. The summed E-state index contributed by atoms with van der Waals surface area (Å²) in [5.41, 5.74) is -7.18. The van der Waals surface area contributed by atoms with Crippen molar-refractivity contribution in [2.75, 3.05) is 31.7 Å². The van der Waals surface area contributed by atoms with Gasteiger partial charge >= 0.3 is 21.4 Å². The Morgan fingerprint density at radius 2 is 1.83 bits per heavy atom. The fourth-order valence-electron chi connectivity index (χ4n) is 10.2. The monoisotopic (exact) mass is 893 g/mol. The van der Waals surface area contributed by atoms with Crippen LogP contribution < -0.4 is 5.32 Å². The van der Waals surface area contributed by atoms with Crippen molar-refractivity contribution in [3.63, 3.8) is 0 Å². The van der Waals surface area contributed by atoms with E-state index in [1.54, 1.807) is 20.8 Å². The van der Waals surface area contributed by atoms with E-state index in [0.717, 1.165) is 49.9 Å². The number of thioether (sulfide) groups is 1. The van der Waals surface area contributed by atoms with E-state index in [1.165, 1.54) is 19.1 Å². The molecule has 3 saturated carbocycles. The van der Waals surface area contributed by atoms with Crippen LogP contribution in [-0.4, -0.2) is 99.0 Å². The van der Waals surface area contributed by atoms with Crippen LogP contribution in [0.15, 0.2) is 36.0 Å². The van der Waals surface area contributed by atoms with E-state index < -0.39 is 103 Å². The minimum Gasteiger partial charge on any atom is -0.449 e. The first-order valence-corrected chi connectivity index (χ1v) is 24.8. The Labute approximate surface area is 348 Å². The van der Waals surface area contributed by atoms with Crippen molar-refractivity contribution in [2.45, 2.75) is 128 Å². The third-order valence-electron chi connectivity index (χ3n) is 13.2. The number of unbranched alkanes of at least 4 members (excludes halogenated alkanes) is 1. The molecule has 12 atom stereocenters. The Morgan fingerprint density at radius 3 is 2.56 bits per heavy atom. The molecular weight excluding hydrogens is 834 g/mol. The Morgan fingerprint density at radius 1 is 1.08 bits per heavy atom. The molecule has 0 aliphatic heterocycles. The number of phosphoric acid groups is 1. The third-order valence-corrected chi connectivity index (χ3v) is 17.4. The van der Waals surface area contributed by atoms with Crippen LogP contribution in [0.3, 0.4) is 0 Å². The molecule has 1 amide bonds. The van der Waals surface area contributed by atoms with Crippen LogP contribution in [0.1, 0.15) is 98.3 Å². The number of aliphatic hydroxyl groups excluding tert-OH is 1. The number of ether oxygens (including phenoxy) is 2. The van der Waals surface area contributed by atoms with Gasteiger partial charge in [0.1, 0.15) is 12.8 Å². The molecule has 0 aromatic carbocycles. The first-order valence-electron chi connectivity index (χ1n) is 20.6. The lowest BCUT2D eigenvalue weighted by Gasteiger charge is -2.63. The average Bonchev–Trinajstić information content (AvgIpc) is 3.36. The van der Waals surface area contributed by atoms with Crippen LogP contribution in [0.4, 0.5) is 8.78 Å². The second-order valence-corrected chi connectivity index (χ2v) is 21.6. The molecule has 5 aliphatic carbocycles. The lowest BCUT2D eigenvalue weighted by Crippen LogP contribution is -2.70. The summed E-state index contributed by atoms with van der Waals surface area (Å²) < 4.78 is 79.9. The Kier molecular flexibility index (Phi) is 15.6. The lowest BCUT2D eigenvalue weighted by molar-refractivity contribution is -0.228. The number of carbonyl (C=O) groups is 4. The van der Waals surface area contributed by atoms with Gasteiger partial charge in [-0.2, -0.15) is 0 Å². The number of phosphoric ester groups is 1. The first kappa shape index (κ1) is 48.0. The zero-order valence-corrected chi connectivity index (χ0v) is 36.8. The maximum absolute atomic E-state index is 17.7. The highest BCUT2D eigenvalue weighted by Gasteiger charge is 2.78. The lowest BCUT2D eigenvalue weighted by atomic mass is 9.44. The highest BCUT2D eigenvalue weighted by atomic mass is 32.2. The van der Waals surface area contributed by atoms with Crippen molar-refractivity contribution in [1.29, 1.82) is 0 Å². The molecule has 59 heavy (non-hydrogen) atoms. The number of esters is 1. The van der Waals surface area contributed by atoms with Gasteiger partial charge in [-0.05, 0) is 81.9 Å². The molecule has 332 valence electrons. The number of fused-ring (bicyclic) bond motifs is 5. The number of nitrogens with one attached hydrogen (secondary N) is 1. The summed E-state index contributed by atoms with van der Waals surface area (Å²) >= 11 is 0.813. The van der Waals surface area contributed by atoms with E-state index in [-0.39, 0.29) is 69.1 Å². The number of aliphatic hydroxyl groups is 1. The summed E-state index contributed by atoms with van der Waals surface area (Å²) in [6, 6.07) is 0. The highest BCUT2D eigenvalue weighted by molar-refractivity contribution is 8.13. The zero-order chi connectivity index (χ0) is 43.4. The van der Waals surface area contributed by atoms with Crippen molar-refractivity contribution in [3.8, 4) is 0 Å². The van der Waals surface area contributed by atoms with E-state index in [1.807, 2.05) is 12.2 Å². The van der Waals surface area contributed by atoms with Crippen molar-refractivity contribution >= 4 is 50.0 Å². The normalized spacial score (nSPS) is 37.9. The van der Waals surface area contributed by atoms with Crippen molar-refractivity contribution < 1.29 is 70.3 Å². The quantitative estimate of drug-likeness (QED) is 0.0523. The van der Waals surface area contributed by atoms with Gasteiger partial charge in [-0.15, -0.1) is 0 Å². The summed E-state index contributed by atoms with van der Waals surface area (Å²) in [6.07, 6.45) is 8.05. The maximum Gasteiger partial charge on any atom is 0.479 e. The Bertz CT molecular complexity index is 1800. The van der Waals surface area contributed by atoms with Gasteiger partial charge in [0.2, 0.25) is 11.0 Å². The molecule has 0 aromatic rings. The van der Waals surface area contributed by atoms with Crippen LogP contribution in [-0.2, 0) is 46.6 Å². The SMILES string of the molecule is CCC(=O)O[C@]1(C(=O)SCCCCP(=O)(O)OP(=O)(O)OCCNC(=O)COC2/C=C\CCCCC2)[C@H](C)C[C@H]2[C@@H]3C[C@H](F)C4=CC(=O)C=C[C@]4(C)[C@@]3(F)[C@@H](O)C[C@@]21C. The number of hydrogen-bond donors (Lipinski definition) is 4. The molecule has 5 aliphatic rings. The Balaban J connectivity index is 1.14. The summed E-state index contributed by atoms with van der Waals surface area (Å²) in [5.74, 6) is -3.98. The number of hydrogen-bond acceptors (Lipinski definition) is 12. The molecular formula is C40H59F2NO13P2S. The second kappa shape index (κ2) is 19.1. The molecule has 3 fully saturated rings. The number of carbonyl (C=O) groups excluding carboxylic acids is 4. The summed E-state index contributed by atoms with van der Waals surface area (Å²) in [5, 5.41) is 13.7. The second-order valence-electron chi connectivity index (χ2n) is 16.9. The van der Waals surface area contributed by atoms with Gasteiger partial charge in [-0.1, -0.05) is 63.6 Å². The molecule has 3 unspecified atom stereocenters. The van der Waals surface area contributed by atoms with Crippen LogP contribution >= 0.6 is 27.2 Å². The average molecular weight is 894 g/mol. The van der Waals surface area contributed by atoms with Gasteiger partial charge < -0.3 is 29.7 Å². The van der Waals surface area contributed by atoms with Gasteiger partial charge in [0.05, 0.1) is 25.0 Å². The van der Waals surface area contributed by atoms with Gasteiger partial charge in [-0.25, -0.2) is 17.7 Å². The highest BCUT2D eigenvalue weighted by Crippen LogP contribution is 2.72. The van der Waals surface area contributed by atoms with E-state index >= 15 is 8.78 Å². The number of amides is 1. The topological polar surface area (TPSA) is 212 Å². The minimum atomic E-state index is -5.00. The first-order chi connectivity index (χ1) is 27.7. The van der Waals surface area contributed by atoms with Gasteiger partial charge in [0.25, 0.3) is 0 Å². The number of ketones is 1. The van der Waals surface area contributed by atoms with Crippen molar-refractivity contribution in [1.82, 2.24) is 5.32 Å². The van der Waals surface area contributed by atoms with E-state index in [0.29, 0.717) is 0 Å². The number of allylic oxidation sites excluding steroid dienone is 5. The number of alkyl halides is 2. The maximum atomic E-state index is 17.7. The molecule has 4 N–H and O–H groups in total. The van der Waals surface area contributed by atoms with E-state index in [9.17, 15) is 43.2 Å². The molecule has 0 spiro atoms. The molecule has 14 nitrogen and oxygen atoms in total. The fraction of sp³-hybridized carbons (Fsp3) is 0.750. The molecule has 0 radical (unpaired) electrons. The smallest absolute Gasteiger partial charge is 0.449 e. The Hall–Kier alpha value is -2.07. The van der Waals surface area contributed by atoms with Gasteiger partial charge in [0, 0.05) is 41.4 Å². The van der Waals surface area contributed by atoms with Crippen LogP contribution in [0, 0.1) is 28.6 Å². The van der Waals surface area contributed by atoms with Crippen molar-refractivity contribution in [3.05, 3.63) is 36.0 Å². The fourth-order valence-corrected chi connectivity index (χ4v) is 14.2. The number of rotatable bonds is 17. The van der Waals surface area contributed by atoms with Gasteiger partial charge in [0.15, 0.2) is 17.1 Å². The summed E-state index contributed by atoms with van der Waals surface area (Å²) in [6.45, 7) is 5.55. The molecule has 19 heteroatoms. The molecule has 0 heterocycles. The predicted molar refractivity (Wildman–Crippen MR) is 216 cm³/mol. The summed E-state index contributed by atoms with van der Waals surface area (Å²) in [4.78, 5) is 72.2. The van der Waals surface area contributed by atoms with Crippen LogP contribution in [0.25, 0.3) is 0 Å². The third kappa shape index (κ3) is 9.94. The standard InChI is InChI=1S/C40H59F2NO13P2S/c1-5-35(47)55-40(26(2)21-29-30-23-32(41)31-22-27(44)15-16-37(31,3)39(30,42)33(45)24-38(29,40)4)36(48)59-20-12-11-19-57(49,50)56-58(51,52)54-18-17-43-34(46)25-53-28-13-9-7-6-8-10-14-28/h9,13,15-16,22,26,28-30,32-33,45H,5-8,10-12,14,17-21,23-25H2,1-4H3,(H,43,46)(H,49,50)(H,51,52)/b13-9-/t26-,28?,29+,30+,32+,33+,37+,38+,39+,40+/m1/s1. The molecule has 5 rings (SSSR count). The number of halogens is 2. The molecule has 0 saturated heterocycles. The largest absolute Gasteiger partial charge is 0.479 e. The van der Waals surface area contributed by atoms with E-state index in [2.05, 4.69) is 9.63 Å². The van der Waals surface area contributed by atoms with E-state index in [4.69, 9.17) is 14.0 Å². The van der Waals surface area contributed by atoms with Gasteiger partial charge in [-0.3, -0.25) is 28.3 Å².